The summed E-state index contributed by atoms with van der Waals surface area (Å²) in [5.74, 6) is -0.432. The van der Waals surface area contributed by atoms with Crippen LogP contribution >= 0.6 is 11.6 Å². The topological polar surface area (TPSA) is 63.3 Å². The first-order valence-electron chi connectivity index (χ1n) is 3.88. The van der Waals surface area contributed by atoms with Crippen LogP contribution in [0.15, 0.2) is 16.5 Å². The molecule has 0 atom stereocenters. The summed E-state index contributed by atoms with van der Waals surface area (Å²) in [5.41, 5.74) is 0.345. The van der Waals surface area contributed by atoms with Crippen molar-refractivity contribution in [1.82, 2.24) is 4.98 Å². The van der Waals surface area contributed by atoms with Gasteiger partial charge in [-0.25, -0.2) is 9.78 Å². The van der Waals surface area contributed by atoms with Crippen molar-refractivity contribution in [2.75, 3.05) is 0 Å². The predicted octanol–water partition coefficient (Wildman–Crippen LogP) is 2.49. The number of rotatable bonds is 1. The van der Waals surface area contributed by atoms with E-state index in [9.17, 15) is 4.79 Å². The molecule has 0 saturated carbocycles. The van der Waals surface area contributed by atoms with E-state index < -0.39 is 5.97 Å². The number of fused-ring (bicyclic) bond motifs is 1. The highest BCUT2D eigenvalue weighted by atomic mass is 35.5. The molecule has 0 aliphatic carbocycles. The maximum atomic E-state index is 10.7. The van der Waals surface area contributed by atoms with Crippen molar-refractivity contribution in [2.45, 2.75) is 6.92 Å². The lowest BCUT2D eigenvalue weighted by Crippen LogP contribution is -1.99. The molecule has 2 aromatic rings. The Morgan fingerprint density at radius 1 is 1.57 bits per heavy atom. The fraction of sp³-hybridized carbons (Fsp3) is 0.111. The molecule has 0 spiro atoms. The molecule has 0 bridgehead atoms. The SMILES string of the molecule is Cc1cc2cc(C(=O)O)nc(Cl)c2o1. The number of aromatic carboxylic acids is 1. The Balaban J connectivity index is 2.77. The van der Waals surface area contributed by atoms with Crippen LogP contribution in [0.5, 0.6) is 0 Å². The molecule has 0 aliphatic rings. The summed E-state index contributed by atoms with van der Waals surface area (Å²) < 4.78 is 5.25. The molecule has 2 heterocycles. The van der Waals surface area contributed by atoms with E-state index in [-0.39, 0.29) is 10.8 Å². The van der Waals surface area contributed by atoms with Crippen molar-refractivity contribution in [3.63, 3.8) is 0 Å². The van der Waals surface area contributed by atoms with Crippen molar-refractivity contribution in [2.24, 2.45) is 0 Å². The molecule has 2 rings (SSSR count). The van der Waals surface area contributed by atoms with E-state index in [2.05, 4.69) is 4.98 Å². The fourth-order valence-corrected chi connectivity index (χ4v) is 1.49. The zero-order valence-electron chi connectivity index (χ0n) is 7.24. The van der Waals surface area contributed by atoms with Crippen LogP contribution in [-0.2, 0) is 0 Å². The van der Waals surface area contributed by atoms with Gasteiger partial charge in [-0.05, 0) is 19.1 Å². The third kappa shape index (κ3) is 1.33. The van der Waals surface area contributed by atoms with Crippen LogP contribution in [0.3, 0.4) is 0 Å². The maximum Gasteiger partial charge on any atom is 0.354 e. The summed E-state index contributed by atoms with van der Waals surface area (Å²) in [6.45, 7) is 1.76. The minimum Gasteiger partial charge on any atom is -0.477 e. The van der Waals surface area contributed by atoms with Crippen LogP contribution in [0, 0.1) is 6.92 Å². The fourth-order valence-electron chi connectivity index (χ4n) is 1.25. The van der Waals surface area contributed by atoms with Gasteiger partial charge in [0.25, 0.3) is 0 Å². The molecular formula is C9H6ClNO3. The van der Waals surface area contributed by atoms with Gasteiger partial charge >= 0.3 is 5.97 Å². The first kappa shape index (κ1) is 9.02. The largest absolute Gasteiger partial charge is 0.477 e. The van der Waals surface area contributed by atoms with Crippen molar-refractivity contribution >= 4 is 28.5 Å². The Morgan fingerprint density at radius 2 is 2.29 bits per heavy atom. The van der Waals surface area contributed by atoms with Crippen molar-refractivity contribution in [1.29, 1.82) is 0 Å². The second-order valence-electron chi connectivity index (χ2n) is 2.88. The third-order valence-electron chi connectivity index (χ3n) is 1.80. The van der Waals surface area contributed by atoms with E-state index >= 15 is 0 Å². The first-order valence-corrected chi connectivity index (χ1v) is 4.25. The zero-order chi connectivity index (χ0) is 10.3. The number of nitrogens with zero attached hydrogens (tertiary/aromatic N) is 1. The van der Waals surface area contributed by atoms with Crippen LogP contribution in [0.2, 0.25) is 5.15 Å². The lowest BCUT2D eigenvalue weighted by molar-refractivity contribution is 0.0690. The number of aryl methyl sites for hydroxylation is 1. The molecule has 0 radical (unpaired) electrons. The van der Waals surface area contributed by atoms with E-state index in [4.69, 9.17) is 21.1 Å². The smallest absolute Gasteiger partial charge is 0.354 e. The van der Waals surface area contributed by atoms with Gasteiger partial charge in [0.15, 0.2) is 16.4 Å². The minimum absolute atomic E-state index is 0.0769. The van der Waals surface area contributed by atoms with E-state index in [0.717, 1.165) is 0 Å². The van der Waals surface area contributed by atoms with Crippen molar-refractivity contribution in [3.8, 4) is 0 Å². The van der Waals surface area contributed by atoms with Crippen molar-refractivity contribution < 1.29 is 14.3 Å². The number of carboxylic acid groups (broad SMARTS) is 1. The molecule has 0 amide bonds. The molecule has 2 aromatic heterocycles. The summed E-state index contributed by atoms with van der Waals surface area (Å²) in [5, 5.41) is 9.45. The highest BCUT2D eigenvalue weighted by Crippen LogP contribution is 2.25. The molecule has 14 heavy (non-hydrogen) atoms. The van der Waals surface area contributed by atoms with Gasteiger partial charge in [-0.15, -0.1) is 0 Å². The molecule has 0 aromatic carbocycles. The first-order chi connectivity index (χ1) is 6.58. The van der Waals surface area contributed by atoms with Crippen LogP contribution in [0.4, 0.5) is 0 Å². The number of furan rings is 1. The van der Waals surface area contributed by atoms with E-state index in [0.29, 0.717) is 16.7 Å². The van der Waals surface area contributed by atoms with Crippen LogP contribution in [0.1, 0.15) is 16.2 Å². The van der Waals surface area contributed by atoms with Gasteiger partial charge in [0.05, 0.1) is 0 Å². The monoisotopic (exact) mass is 211 g/mol. The van der Waals surface area contributed by atoms with Gasteiger partial charge in [0, 0.05) is 5.39 Å². The summed E-state index contributed by atoms with van der Waals surface area (Å²) >= 11 is 5.75. The van der Waals surface area contributed by atoms with Gasteiger partial charge < -0.3 is 9.52 Å². The average molecular weight is 212 g/mol. The van der Waals surface area contributed by atoms with Gasteiger partial charge in [-0.2, -0.15) is 0 Å². The molecular weight excluding hydrogens is 206 g/mol. The molecule has 4 nitrogen and oxygen atoms in total. The van der Waals surface area contributed by atoms with Crippen LogP contribution in [-0.4, -0.2) is 16.1 Å². The van der Waals surface area contributed by atoms with Gasteiger partial charge in [0.2, 0.25) is 0 Å². The number of carboxylic acids is 1. The zero-order valence-corrected chi connectivity index (χ0v) is 8.00. The lowest BCUT2D eigenvalue weighted by atomic mass is 10.2. The van der Waals surface area contributed by atoms with Crippen LogP contribution < -0.4 is 0 Å². The summed E-state index contributed by atoms with van der Waals surface area (Å²) in [6.07, 6.45) is 0. The maximum absolute atomic E-state index is 10.7. The van der Waals surface area contributed by atoms with Gasteiger partial charge in [-0.3, -0.25) is 0 Å². The molecule has 0 aliphatic heterocycles. The second-order valence-corrected chi connectivity index (χ2v) is 3.24. The highest BCUT2D eigenvalue weighted by molar-refractivity contribution is 6.33. The quantitative estimate of drug-likeness (QED) is 0.736. The molecule has 0 fully saturated rings. The van der Waals surface area contributed by atoms with E-state index in [1.165, 1.54) is 6.07 Å². The molecule has 72 valence electrons. The Labute approximate surface area is 84.1 Å². The Bertz CT molecular complexity index is 518. The normalized spacial score (nSPS) is 10.7. The number of aromatic nitrogens is 1. The Morgan fingerprint density at radius 3 is 2.93 bits per heavy atom. The van der Waals surface area contributed by atoms with E-state index in [1.54, 1.807) is 13.0 Å². The molecule has 0 unspecified atom stereocenters. The van der Waals surface area contributed by atoms with E-state index in [1.807, 2.05) is 0 Å². The summed E-state index contributed by atoms with van der Waals surface area (Å²) in [7, 11) is 0. The number of hydrogen-bond acceptors (Lipinski definition) is 3. The number of hydrogen-bond donors (Lipinski definition) is 1. The van der Waals surface area contributed by atoms with Crippen LogP contribution in [0.25, 0.3) is 11.0 Å². The minimum atomic E-state index is -1.10. The molecule has 0 saturated heterocycles. The van der Waals surface area contributed by atoms with Gasteiger partial charge in [0.1, 0.15) is 5.76 Å². The summed E-state index contributed by atoms with van der Waals surface area (Å²) in [4.78, 5) is 14.3. The Kier molecular flexibility index (Phi) is 1.93. The number of pyridine rings is 1. The van der Waals surface area contributed by atoms with Gasteiger partial charge in [-0.1, -0.05) is 11.6 Å². The summed E-state index contributed by atoms with van der Waals surface area (Å²) in [6, 6.07) is 3.15. The highest BCUT2D eigenvalue weighted by Gasteiger charge is 2.12. The molecule has 1 N–H and O–H groups in total. The predicted molar refractivity (Wildman–Crippen MR) is 50.7 cm³/mol. The molecule has 5 heteroatoms. The van der Waals surface area contributed by atoms with Crippen molar-refractivity contribution in [3.05, 3.63) is 28.7 Å². The average Bonchev–Trinajstić information content (AvgIpc) is 2.45. The lowest BCUT2D eigenvalue weighted by Gasteiger charge is -1.95. The Hall–Kier alpha value is -1.55. The standard InChI is InChI=1S/C9H6ClNO3/c1-4-2-5-3-6(9(12)13)11-8(10)7(5)14-4/h2-3H,1H3,(H,12,13). The third-order valence-corrected chi connectivity index (χ3v) is 2.06. The number of halogens is 1. The number of carbonyl (C=O) groups is 1. The second kappa shape index (κ2) is 2.99.